The summed E-state index contributed by atoms with van der Waals surface area (Å²) in [6.07, 6.45) is 0.958. The van der Waals surface area contributed by atoms with E-state index in [0.717, 1.165) is 65.0 Å². The lowest BCUT2D eigenvalue weighted by Gasteiger charge is -2.45. The van der Waals surface area contributed by atoms with Crippen molar-refractivity contribution in [2.45, 2.75) is 69.3 Å². The van der Waals surface area contributed by atoms with E-state index in [0.29, 0.717) is 26.2 Å². The molecule has 4 N–H and O–H groups in total. The van der Waals surface area contributed by atoms with E-state index in [-0.39, 0.29) is 43.5 Å². The zero-order chi connectivity index (χ0) is 36.8. The second-order valence-corrected chi connectivity index (χ2v) is 14.1. The average Bonchev–Trinajstić information content (AvgIpc) is 3.51. The summed E-state index contributed by atoms with van der Waals surface area (Å²) in [5, 5.41) is 24.3. The molecule has 4 aromatic carbocycles. The molecule has 11 heteroatoms. The van der Waals surface area contributed by atoms with Gasteiger partial charge in [0, 0.05) is 50.3 Å². The Bertz CT molecular complexity index is 1880. The number of anilines is 1. The van der Waals surface area contributed by atoms with E-state index in [1.807, 2.05) is 91.0 Å². The smallest absolute Gasteiger partial charge is 0.303 e. The number of benzene rings is 4. The molecule has 53 heavy (non-hydrogen) atoms. The number of carboxylic acid groups (broad SMARTS) is 1. The lowest BCUT2D eigenvalue weighted by atomic mass is 9.85. The van der Waals surface area contributed by atoms with Crippen molar-refractivity contribution in [1.29, 1.82) is 0 Å². The molecular formula is C42H46N4O7. The Labute approximate surface area is 309 Å². The highest BCUT2D eigenvalue weighted by molar-refractivity contribution is 5.93. The van der Waals surface area contributed by atoms with E-state index >= 15 is 0 Å². The number of carboxylic acids is 1. The molecule has 0 saturated carbocycles. The summed E-state index contributed by atoms with van der Waals surface area (Å²) < 4.78 is 13.3. The number of carbonyl (C=O) groups excluding carboxylic acids is 2. The van der Waals surface area contributed by atoms with E-state index in [2.05, 4.69) is 32.6 Å². The molecule has 0 aromatic heterocycles. The van der Waals surface area contributed by atoms with E-state index in [9.17, 15) is 19.5 Å². The molecule has 11 nitrogen and oxygen atoms in total. The second kappa shape index (κ2) is 16.3. The summed E-state index contributed by atoms with van der Waals surface area (Å²) >= 11 is 0. The number of aliphatic carboxylic acids is 1. The fourth-order valence-electron chi connectivity index (χ4n) is 7.66. The van der Waals surface area contributed by atoms with Crippen molar-refractivity contribution in [1.82, 2.24) is 15.5 Å². The third-order valence-corrected chi connectivity index (χ3v) is 10.7. The standard InChI is InChI=1S/C42H46N4O7/c47-27-29-9-11-32(12-10-29)37-24-36(26-45-21-19-42(20-22-45)41(51)44-28-46(42)35-7-2-1-3-8-35)52-40(53-37)33-15-13-31(14-16-33)34-6-4-5-30(23-34)25-43-38(48)17-18-39(49)50/h1-16,23,36-37,40,47H,17-22,24-28H2,(H,43,48)(H,44,51)(H,49,50). The number of para-hydroxylation sites is 1. The molecule has 276 valence electrons. The van der Waals surface area contributed by atoms with Crippen LogP contribution in [0, 0.1) is 0 Å². The number of hydrogen-bond acceptors (Lipinski definition) is 8. The minimum atomic E-state index is -0.996. The Kier molecular flexibility index (Phi) is 11.2. The summed E-state index contributed by atoms with van der Waals surface area (Å²) in [7, 11) is 0. The molecule has 2 amide bonds. The molecule has 0 bridgehead atoms. The van der Waals surface area contributed by atoms with Gasteiger partial charge in [0.15, 0.2) is 6.29 Å². The Hall–Kier alpha value is -5.07. The van der Waals surface area contributed by atoms with Gasteiger partial charge in [-0.25, -0.2) is 0 Å². The van der Waals surface area contributed by atoms with Crippen LogP contribution in [0.25, 0.3) is 11.1 Å². The monoisotopic (exact) mass is 718 g/mol. The number of amides is 2. The number of aliphatic hydroxyl groups is 1. The molecule has 3 aliphatic heterocycles. The van der Waals surface area contributed by atoms with Crippen molar-refractivity contribution in [2.75, 3.05) is 31.2 Å². The number of rotatable bonds is 12. The molecule has 0 radical (unpaired) electrons. The molecule has 7 rings (SSSR count). The third-order valence-electron chi connectivity index (χ3n) is 10.7. The summed E-state index contributed by atoms with van der Waals surface area (Å²) in [6.45, 7) is 3.07. The van der Waals surface area contributed by atoms with Gasteiger partial charge in [-0.1, -0.05) is 84.9 Å². The van der Waals surface area contributed by atoms with Gasteiger partial charge in [-0.2, -0.15) is 0 Å². The molecule has 0 aliphatic carbocycles. The molecule has 3 unspecified atom stereocenters. The van der Waals surface area contributed by atoms with Crippen molar-refractivity contribution in [3.05, 3.63) is 125 Å². The van der Waals surface area contributed by atoms with Crippen LogP contribution >= 0.6 is 0 Å². The molecule has 3 aliphatic rings. The van der Waals surface area contributed by atoms with E-state index in [1.165, 1.54) is 0 Å². The van der Waals surface area contributed by atoms with E-state index in [1.54, 1.807) is 0 Å². The zero-order valence-corrected chi connectivity index (χ0v) is 29.7. The van der Waals surface area contributed by atoms with Crippen LogP contribution in [0.1, 0.15) is 66.8 Å². The first-order chi connectivity index (χ1) is 25.8. The summed E-state index contributed by atoms with van der Waals surface area (Å²) in [5.74, 6) is -1.19. The van der Waals surface area contributed by atoms with Gasteiger partial charge in [-0.05, 0) is 58.9 Å². The molecule has 3 atom stereocenters. The van der Waals surface area contributed by atoms with Gasteiger partial charge in [0.05, 0.1) is 31.9 Å². The van der Waals surface area contributed by atoms with Crippen molar-refractivity contribution < 1.29 is 34.1 Å². The number of nitrogens with zero attached hydrogens (tertiary/aromatic N) is 2. The number of piperidine rings is 1. The van der Waals surface area contributed by atoms with Crippen LogP contribution in [0.5, 0.6) is 0 Å². The highest BCUT2D eigenvalue weighted by atomic mass is 16.7. The van der Waals surface area contributed by atoms with Crippen LogP contribution in [-0.4, -0.2) is 70.8 Å². The number of ether oxygens (including phenoxy) is 2. The van der Waals surface area contributed by atoms with Crippen molar-refractivity contribution >= 4 is 23.5 Å². The van der Waals surface area contributed by atoms with E-state index < -0.39 is 17.8 Å². The Morgan fingerprint density at radius 3 is 2.28 bits per heavy atom. The van der Waals surface area contributed by atoms with Gasteiger partial charge in [0.2, 0.25) is 11.8 Å². The van der Waals surface area contributed by atoms with Crippen LogP contribution in [0.3, 0.4) is 0 Å². The first kappa shape index (κ1) is 36.3. The first-order valence-electron chi connectivity index (χ1n) is 18.3. The van der Waals surface area contributed by atoms with Crippen molar-refractivity contribution in [3.63, 3.8) is 0 Å². The topological polar surface area (TPSA) is 141 Å². The van der Waals surface area contributed by atoms with Crippen LogP contribution < -0.4 is 15.5 Å². The number of nitrogens with one attached hydrogen (secondary N) is 2. The molecular weight excluding hydrogens is 672 g/mol. The van der Waals surface area contributed by atoms with Gasteiger partial charge in [0.1, 0.15) is 5.54 Å². The number of carbonyl (C=O) groups is 3. The van der Waals surface area contributed by atoms with Crippen molar-refractivity contribution in [2.24, 2.45) is 0 Å². The van der Waals surface area contributed by atoms with Gasteiger partial charge >= 0.3 is 5.97 Å². The van der Waals surface area contributed by atoms with Crippen LogP contribution in [-0.2, 0) is 37.0 Å². The maximum atomic E-state index is 13.2. The highest BCUT2D eigenvalue weighted by Gasteiger charge is 2.50. The Morgan fingerprint density at radius 2 is 1.57 bits per heavy atom. The number of aliphatic hydroxyl groups excluding tert-OH is 1. The quantitative estimate of drug-likeness (QED) is 0.154. The molecule has 3 saturated heterocycles. The van der Waals surface area contributed by atoms with Crippen LogP contribution in [0.4, 0.5) is 5.69 Å². The van der Waals surface area contributed by atoms with Gasteiger partial charge < -0.3 is 40.1 Å². The second-order valence-electron chi connectivity index (χ2n) is 14.1. The fourth-order valence-corrected chi connectivity index (χ4v) is 7.66. The maximum absolute atomic E-state index is 13.2. The lowest BCUT2D eigenvalue weighted by Crippen LogP contribution is -2.57. The summed E-state index contributed by atoms with van der Waals surface area (Å²) in [4.78, 5) is 40.7. The molecule has 4 aromatic rings. The minimum Gasteiger partial charge on any atom is -0.481 e. The normalized spacial score (nSPS) is 21.3. The lowest BCUT2D eigenvalue weighted by molar-refractivity contribution is -0.253. The van der Waals surface area contributed by atoms with Crippen LogP contribution in [0.2, 0.25) is 0 Å². The predicted molar refractivity (Wildman–Crippen MR) is 199 cm³/mol. The first-order valence-corrected chi connectivity index (χ1v) is 18.3. The molecule has 3 fully saturated rings. The maximum Gasteiger partial charge on any atom is 0.303 e. The Morgan fingerprint density at radius 1 is 0.830 bits per heavy atom. The summed E-state index contributed by atoms with van der Waals surface area (Å²) in [5.41, 5.74) is 6.18. The average molecular weight is 719 g/mol. The van der Waals surface area contributed by atoms with Crippen LogP contribution in [0.15, 0.2) is 103 Å². The highest BCUT2D eigenvalue weighted by Crippen LogP contribution is 2.40. The fraction of sp³-hybridized carbons (Fsp3) is 0.357. The molecule has 3 heterocycles. The minimum absolute atomic E-state index is 0.0208. The van der Waals surface area contributed by atoms with E-state index in [4.69, 9.17) is 14.6 Å². The largest absolute Gasteiger partial charge is 0.481 e. The molecule has 1 spiro atoms. The number of hydrogen-bond donors (Lipinski definition) is 4. The Balaban J connectivity index is 1.03. The SMILES string of the molecule is O=C(O)CCC(=O)NCc1cccc(-c2ccc(C3OC(CN4CCC5(CC4)C(=O)NCN5c4ccccc4)CC(c4ccc(CO)cc4)O3)cc2)c1. The van der Waals surface area contributed by atoms with Gasteiger partial charge in [-0.3, -0.25) is 14.4 Å². The number of likely N-dealkylation sites (tertiary alicyclic amines) is 1. The predicted octanol–water partition coefficient (Wildman–Crippen LogP) is 5.30. The van der Waals surface area contributed by atoms with Crippen molar-refractivity contribution in [3.8, 4) is 11.1 Å². The zero-order valence-electron chi connectivity index (χ0n) is 29.7. The summed E-state index contributed by atoms with van der Waals surface area (Å²) in [6, 6.07) is 34.1. The van der Waals surface area contributed by atoms with Gasteiger partial charge in [0.25, 0.3) is 0 Å². The van der Waals surface area contributed by atoms with Gasteiger partial charge in [-0.15, -0.1) is 0 Å². The third kappa shape index (κ3) is 8.44.